The van der Waals surface area contributed by atoms with Crippen LogP contribution < -0.4 is 5.73 Å². The first kappa shape index (κ1) is 13.4. The molecule has 19 heavy (non-hydrogen) atoms. The number of rotatable bonds is 1. The van der Waals surface area contributed by atoms with Gasteiger partial charge in [0.1, 0.15) is 5.82 Å². The summed E-state index contributed by atoms with van der Waals surface area (Å²) in [6.45, 7) is 1.80. The summed E-state index contributed by atoms with van der Waals surface area (Å²) >= 11 is 0. The topological polar surface area (TPSA) is 26.0 Å². The van der Waals surface area contributed by atoms with Crippen molar-refractivity contribution in [2.24, 2.45) is 0 Å². The molecule has 2 N–H and O–H groups in total. The molecular formula is C14H11F4N. The smallest absolute Gasteiger partial charge is 0.398 e. The van der Waals surface area contributed by atoms with Crippen LogP contribution in [0.2, 0.25) is 0 Å². The number of halogens is 4. The number of benzene rings is 2. The first-order valence-corrected chi connectivity index (χ1v) is 5.52. The second kappa shape index (κ2) is 4.57. The number of alkyl halides is 3. The zero-order valence-corrected chi connectivity index (χ0v) is 10.1. The Labute approximate surface area is 107 Å². The zero-order chi connectivity index (χ0) is 14.2. The molecule has 0 radical (unpaired) electrons. The van der Waals surface area contributed by atoms with E-state index < -0.39 is 17.6 Å². The minimum Gasteiger partial charge on any atom is -0.398 e. The Balaban J connectivity index is 2.54. The maximum atomic E-state index is 13.2. The Hall–Kier alpha value is -2.04. The van der Waals surface area contributed by atoms with Crippen molar-refractivity contribution < 1.29 is 17.6 Å². The van der Waals surface area contributed by atoms with E-state index in [1.807, 2.05) is 0 Å². The molecule has 0 unspecified atom stereocenters. The van der Waals surface area contributed by atoms with Crippen molar-refractivity contribution in [3.63, 3.8) is 0 Å². The summed E-state index contributed by atoms with van der Waals surface area (Å²) in [5.41, 5.74) is 6.56. The lowest BCUT2D eigenvalue weighted by atomic mass is 10.0. The molecule has 2 rings (SSSR count). The van der Waals surface area contributed by atoms with Crippen LogP contribution in [0, 0.1) is 12.7 Å². The molecule has 1 nitrogen and oxygen atoms in total. The Morgan fingerprint density at radius 3 is 2.11 bits per heavy atom. The Morgan fingerprint density at radius 2 is 1.53 bits per heavy atom. The van der Waals surface area contributed by atoms with E-state index in [0.29, 0.717) is 11.3 Å². The predicted molar refractivity (Wildman–Crippen MR) is 66.0 cm³/mol. The van der Waals surface area contributed by atoms with E-state index in [1.54, 1.807) is 25.1 Å². The van der Waals surface area contributed by atoms with Crippen LogP contribution in [0.4, 0.5) is 23.2 Å². The van der Waals surface area contributed by atoms with E-state index in [2.05, 4.69) is 0 Å². The monoisotopic (exact) mass is 269 g/mol. The summed E-state index contributed by atoms with van der Waals surface area (Å²) in [6, 6.07) is 7.84. The van der Waals surface area contributed by atoms with Gasteiger partial charge >= 0.3 is 6.18 Å². The molecule has 2 aromatic rings. The van der Waals surface area contributed by atoms with E-state index in [1.165, 1.54) is 6.07 Å². The van der Waals surface area contributed by atoms with Gasteiger partial charge in [-0.2, -0.15) is 13.2 Å². The van der Waals surface area contributed by atoms with Gasteiger partial charge in [0.15, 0.2) is 0 Å². The molecule has 100 valence electrons. The molecule has 0 aliphatic heterocycles. The molecule has 0 saturated carbocycles. The molecule has 0 saturated heterocycles. The average molecular weight is 269 g/mol. The number of anilines is 1. The molecule has 0 amide bonds. The first-order chi connectivity index (χ1) is 8.79. The third-order valence-electron chi connectivity index (χ3n) is 2.88. The highest BCUT2D eigenvalue weighted by atomic mass is 19.4. The van der Waals surface area contributed by atoms with Gasteiger partial charge in [-0.1, -0.05) is 18.2 Å². The van der Waals surface area contributed by atoms with Gasteiger partial charge in [0.05, 0.1) is 5.56 Å². The number of hydrogen-bond acceptors (Lipinski definition) is 1. The van der Waals surface area contributed by atoms with Crippen LogP contribution in [-0.4, -0.2) is 0 Å². The van der Waals surface area contributed by atoms with Crippen LogP contribution in [0.15, 0.2) is 36.4 Å². The van der Waals surface area contributed by atoms with Crippen molar-refractivity contribution in [3.8, 4) is 11.1 Å². The Bertz CT molecular complexity index is 617. The molecular weight excluding hydrogens is 258 g/mol. The minimum atomic E-state index is -4.71. The molecule has 0 aliphatic carbocycles. The van der Waals surface area contributed by atoms with Crippen LogP contribution in [0.1, 0.15) is 11.1 Å². The molecule has 0 atom stereocenters. The van der Waals surface area contributed by atoms with Gasteiger partial charge in [0, 0.05) is 5.69 Å². The molecule has 0 heterocycles. The van der Waals surface area contributed by atoms with Crippen molar-refractivity contribution in [2.45, 2.75) is 13.1 Å². The standard InChI is InChI=1S/C14H11F4N/c1-8-2-3-10(7-13(8)19)9-4-5-12(15)11(6-9)14(16,17)18/h2-7H,19H2,1H3. The van der Waals surface area contributed by atoms with E-state index in [-0.39, 0.29) is 5.56 Å². The van der Waals surface area contributed by atoms with Gasteiger partial charge in [-0.3, -0.25) is 0 Å². The molecule has 0 aliphatic rings. The van der Waals surface area contributed by atoms with Gasteiger partial charge in [-0.15, -0.1) is 0 Å². The minimum absolute atomic E-state index is 0.278. The number of nitrogen functional groups attached to an aromatic ring is 1. The number of hydrogen-bond donors (Lipinski definition) is 1. The molecule has 0 fully saturated rings. The summed E-state index contributed by atoms with van der Waals surface area (Å²) in [7, 11) is 0. The second-order valence-electron chi connectivity index (χ2n) is 4.26. The highest BCUT2D eigenvalue weighted by Gasteiger charge is 2.34. The van der Waals surface area contributed by atoms with Crippen LogP contribution in [0.5, 0.6) is 0 Å². The molecule has 5 heteroatoms. The van der Waals surface area contributed by atoms with Crippen molar-refractivity contribution >= 4 is 5.69 Å². The van der Waals surface area contributed by atoms with E-state index >= 15 is 0 Å². The van der Waals surface area contributed by atoms with Crippen LogP contribution in [0.25, 0.3) is 11.1 Å². The lowest BCUT2D eigenvalue weighted by molar-refractivity contribution is -0.139. The van der Waals surface area contributed by atoms with E-state index in [9.17, 15) is 17.6 Å². The second-order valence-corrected chi connectivity index (χ2v) is 4.26. The molecule has 0 aromatic heterocycles. The van der Waals surface area contributed by atoms with Gasteiger partial charge in [-0.25, -0.2) is 4.39 Å². The van der Waals surface area contributed by atoms with Gasteiger partial charge < -0.3 is 5.73 Å². The van der Waals surface area contributed by atoms with Crippen LogP contribution in [-0.2, 0) is 6.18 Å². The Morgan fingerprint density at radius 1 is 0.947 bits per heavy atom. The zero-order valence-electron chi connectivity index (χ0n) is 10.1. The van der Waals surface area contributed by atoms with E-state index in [4.69, 9.17) is 5.73 Å². The summed E-state index contributed by atoms with van der Waals surface area (Å²) in [6.07, 6.45) is -4.71. The van der Waals surface area contributed by atoms with Gasteiger partial charge in [-0.05, 0) is 41.8 Å². The van der Waals surface area contributed by atoms with Crippen molar-refractivity contribution in [1.82, 2.24) is 0 Å². The fraction of sp³-hybridized carbons (Fsp3) is 0.143. The summed E-state index contributed by atoms with van der Waals surface area (Å²) < 4.78 is 51.0. The van der Waals surface area contributed by atoms with Crippen molar-refractivity contribution in [2.75, 3.05) is 5.73 Å². The van der Waals surface area contributed by atoms with Crippen LogP contribution in [0.3, 0.4) is 0 Å². The van der Waals surface area contributed by atoms with Crippen molar-refractivity contribution in [3.05, 3.63) is 53.3 Å². The van der Waals surface area contributed by atoms with Crippen LogP contribution >= 0.6 is 0 Å². The third kappa shape index (κ3) is 2.70. The summed E-state index contributed by atoms with van der Waals surface area (Å²) in [4.78, 5) is 0. The summed E-state index contributed by atoms with van der Waals surface area (Å²) in [5, 5.41) is 0. The largest absolute Gasteiger partial charge is 0.419 e. The number of aryl methyl sites for hydroxylation is 1. The maximum Gasteiger partial charge on any atom is 0.419 e. The third-order valence-corrected chi connectivity index (χ3v) is 2.88. The van der Waals surface area contributed by atoms with Crippen molar-refractivity contribution in [1.29, 1.82) is 0 Å². The SMILES string of the molecule is Cc1ccc(-c2ccc(F)c(C(F)(F)F)c2)cc1N. The average Bonchev–Trinajstić information content (AvgIpc) is 2.32. The highest BCUT2D eigenvalue weighted by Crippen LogP contribution is 2.34. The van der Waals surface area contributed by atoms with E-state index in [0.717, 1.165) is 17.7 Å². The fourth-order valence-corrected chi connectivity index (χ4v) is 1.74. The molecule has 2 aromatic carbocycles. The fourth-order valence-electron chi connectivity index (χ4n) is 1.74. The highest BCUT2D eigenvalue weighted by molar-refractivity contribution is 5.69. The maximum absolute atomic E-state index is 13.2. The molecule has 0 spiro atoms. The lowest BCUT2D eigenvalue weighted by Crippen LogP contribution is -2.08. The number of nitrogens with two attached hydrogens (primary N) is 1. The lowest BCUT2D eigenvalue weighted by Gasteiger charge is -2.11. The normalized spacial score (nSPS) is 11.6. The van der Waals surface area contributed by atoms with Gasteiger partial charge in [0.2, 0.25) is 0 Å². The first-order valence-electron chi connectivity index (χ1n) is 5.52. The quantitative estimate of drug-likeness (QED) is 0.602. The van der Waals surface area contributed by atoms with Gasteiger partial charge in [0.25, 0.3) is 0 Å². The summed E-state index contributed by atoms with van der Waals surface area (Å²) in [5.74, 6) is -1.28. The molecule has 0 bridgehead atoms. The predicted octanol–water partition coefficient (Wildman–Crippen LogP) is 4.40. The Kier molecular flexibility index (Phi) is 3.22.